The molecule has 96 valence electrons. The summed E-state index contributed by atoms with van der Waals surface area (Å²) in [7, 11) is 1.53. The van der Waals surface area contributed by atoms with Gasteiger partial charge in [-0.25, -0.2) is 4.79 Å². The predicted octanol–water partition coefficient (Wildman–Crippen LogP) is 2.04. The molecule has 1 heterocycles. The Morgan fingerprint density at radius 2 is 2.17 bits per heavy atom. The summed E-state index contributed by atoms with van der Waals surface area (Å²) in [6.45, 7) is 6.05. The molecule has 1 aliphatic rings. The molecule has 0 amide bonds. The third-order valence-corrected chi connectivity index (χ3v) is 2.88. The quantitative estimate of drug-likeness (QED) is 0.768. The van der Waals surface area contributed by atoms with E-state index in [2.05, 4.69) is 6.58 Å². The zero-order valence-electron chi connectivity index (χ0n) is 10.5. The fourth-order valence-electron chi connectivity index (χ4n) is 2.03. The number of para-hydroxylation sites is 1. The molecule has 0 aliphatic carbocycles. The van der Waals surface area contributed by atoms with Crippen molar-refractivity contribution in [2.24, 2.45) is 0 Å². The molecule has 1 aromatic rings. The minimum atomic E-state index is -0.794. The van der Waals surface area contributed by atoms with Gasteiger partial charge in [0.05, 0.1) is 6.61 Å². The maximum absolute atomic E-state index is 11.9. The van der Waals surface area contributed by atoms with Gasteiger partial charge in [0, 0.05) is 12.7 Å². The summed E-state index contributed by atoms with van der Waals surface area (Å²) in [4.78, 5) is 11.9. The van der Waals surface area contributed by atoms with Crippen LogP contribution in [0.4, 0.5) is 0 Å². The third-order valence-electron chi connectivity index (χ3n) is 2.88. The average Bonchev–Trinajstić information content (AvgIpc) is 2.39. The number of carbonyl (C=O) groups is 1. The van der Waals surface area contributed by atoms with E-state index in [4.69, 9.17) is 14.2 Å². The van der Waals surface area contributed by atoms with Crippen molar-refractivity contribution in [2.45, 2.75) is 19.1 Å². The van der Waals surface area contributed by atoms with Gasteiger partial charge in [0.1, 0.15) is 11.9 Å². The predicted molar refractivity (Wildman–Crippen MR) is 67.3 cm³/mol. The topological polar surface area (TPSA) is 44.8 Å². The highest BCUT2D eigenvalue weighted by Gasteiger charge is 2.39. The Bertz CT molecular complexity index is 467. The van der Waals surface area contributed by atoms with Crippen molar-refractivity contribution in [2.75, 3.05) is 13.7 Å². The van der Waals surface area contributed by atoms with Crippen LogP contribution in [0.3, 0.4) is 0 Å². The van der Waals surface area contributed by atoms with Crippen LogP contribution in [0.2, 0.25) is 0 Å². The SMILES string of the molecule is C=C1c2ccccc2O[C@@H](C(=O)OCC)[C@@H]1OC. The Balaban J connectivity index is 2.34. The van der Waals surface area contributed by atoms with Crippen LogP contribution in [-0.4, -0.2) is 31.9 Å². The first-order valence-corrected chi connectivity index (χ1v) is 5.83. The standard InChI is InChI=1S/C14H16O4/c1-4-17-14(15)13-12(16-3)9(2)10-7-5-6-8-11(10)18-13/h5-8,12-13H,2,4H2,1,3H3/t12-,13-/m1/s1. The number of esters is 1. The van der Waals surface area contributed by atoms with Crippen LogP contribution in [0.5, 0.6) is 5.75 Å². The van der Waals surface area contributed by atoms with E-state index in [1.54, 1.807) is 13.0 Å². The van der Waals surface area contributed by atoms with Gasteiger partial charge in [-0.3, -0.25) is 0 Å². The lowest BCUT2D eigenvalue weighted by Crippen LogP contribution is -2.44. The van der Waals surface area contributed by atoms with E-state index in [-0.39, 0.29) is 0 Å². The maximum atomic E-state index is 11.9. The molecule has 18 heavy (non-hydrogen) atoms. The molecule has 0 N–H and O–H groups in total. The molecule has 1 aromatic carbocycles. The maximum Gasteiger partial charge on any atom is 0.350 e. The molecule has 0 saturated heterocycles. The van der Waals surface area contributed by atoms with Gasteiger partial charge in [-0.1, -0.05) is 24.8 Å². The molecule has 0 saturated carbocycles. The summed E-state index contributed by atoms with van der Waals surface area (Å²) in [6.07, 6.45) is -1.31. The van der Waals surface area contributed by atoms with E-state index < -0.39 is 18.2 Å². The summed E-state index contributed by atoms with van der Waals surface area (Å²) in [5.41, 5.74) is 1.60. The van der Waals surface area contributed by atoms with Crippen molar-refractivity contribution < 1.29 is 19.0 Å². The van der Waals surface area contributed by atoms with Crippen LogP contribution in [0.25, 0.3) is 5.57 Å². The van der Waals surface area contributed by atoms with Crippen molar-refractivity contribution in [3.8, 4) is 5.75 Å². The highest BCUT2D eigenvalue weighted by atomic mass is 16.6. The molecule has 0 aromatic heterocycles. The second-order valence-corrected chi connectivity index (χ2v) is 3.97. The molecule has 0 unspecified atom stereocenters. The number of methoxy groups -OCH3 is 1. The van der Waals surface area contributed by atoms with E-state index in [1.165, 1.54) is 7.11 Å². The van der Waals surface area contributed by atoms with E-state index in [9.17, 15) is 4.79 Å². The minimum absolute atomic E-state index is 0.309. The highest BCUT2D eigenvalue weighted by molar-refractivity contribution is 5.84. The van der Waals surface area contributed by atoms with Crippen LogP contribution < -0.4 is 4.74 Å². The molecule has 0 spiro atoms. The molecular formula is C14H16O4. The van der Waals surface area contributed by atoms with Gasteiger partial charge in [-0.2, -0.15) is 0 Å². The lowest BCUT2D eigenvalue weighted by atomic mass is 9.94. The van der Waals surface area contributed by atoms with E-state index in [0.717, 1.165) is 11.1 Å². The number of benzene rings is 1. The molecule has 2 atom stereocenters. The number of fused-ring (bicyclic) bond motifs is 1. The summed E-state index contributed by atoms with van der Waals surface area (Å²) in [5.74, 6) is 0.203. The summed E-state index contributed by atoms with van der Waals surface area (Å²) >= 11 is 0. The van der Waals surface area contributed by atoms with E-state index in [0.29, 0.717) is 12.4 Å². The number of carbonyl (C=O) groups excluding carboxylic acids is 1. The van der Waals surface area contributed by atoms with Crippen molar-refractivity contribution in [3.05, 3.63) is 36.4 Å². The van der Waals surface area contributed by atoms with Crippen molar-refractivity contribution in [1.29, 1.82) is 0 Å². The minimum Gasteiger partial charge on any atom is -0.475 e. The lowest BCUT2D eigenvalue weighted by Gasteiger charge is -2.32. The first kappa shape index (κ1) is 12.6. The van der Waals surface area contributed by atoms with Gasteiger partial charge in [0.25, 0.3) is 0 Å². The smallest absolute Gasteiger partial charge is 0.350 e. The summed E-state index contributed by atoms with van der Waals surface area (Å²) in [6, 6.07) is 7.44. The largest absolute Gasteiger partial charge is 0.475 e. The van der Waals surface area contributed by atoms with Crippen molar-refractivity contribution >= 4 is 11.5 Å². The fraction of sp³-hybridized carbons (Fsp3) is 0.357. The van der Waals surface area contributed by atoms with Gasteiger partial charge in [-0.15, -0.1) is 0 Å². The van der Waals surface area contributed by atoms with E-state index in [1.807, 2.05) is 18.2 Å². The Morgan fingerprint density at radius 3 is 2.83 bits per heavy atom. The summed E-state index contributed by atoms with van der Waals surface area (Å²) < 4.78 is 16.0. The molecule has 1 aliphatic heterocycles. The number of hydrogen-bond acceptors (Lipinski definition) is 4. The van der Waals surface area contributed by atoms with Crippen LogP contribution >= 0.6 is 0 Å². The molecule has 0 radical (unpaired) electrons. The van der Waals surface area contributed by atoms with Crippen LogP contribution in [-0.2, 0) is 14.3 Å². The average molecular weight is 248 g/mol. The second-order valence-electron chi connectivity index (χ2n) is 3.97. The van der Waals surface area contributed by atoms with E-state index >= 15 is 0 Å². The fourth-order valence-corrected chi connectivity index (χ4v) is 2.03. The molecule has 0 bridgehead atoms. The molecular weight excluding hydrogens is 232 g/mol. The first-order valence-electron chi connectivity index (χ1n) is 5.83. The third kappa shape index (κ3) is 2.11. The Morgan fingerprint density at radius 1 is 1.44 bits per heavy atom. The zero-order valence-corrected chi connectivity index (χ0v) is 10.5. The zero-order chi connectivity index (χ0) is 13.1. The first-order chi connectivity index (χ1) is 8.69. The lowest BCUT2D eigenvalue weighted by molar-refractivity contribution is -0.156. The highest BCUT2D eigenvalue weighted by Crippen LogP contribution is 2.36. The van der Waals surface area contributed by atoms with Gasteiger partial charge < -0.3 is 14.2 Å². The number of rotatable bonds is 3. The van der Waals surface area contributed by atoms with Gasteiger partial charge >= 0.3 is 5.97 Å². The Kier molecular flexibility index (Phi) is 3.67. The van der Waals surface area contributed by atoms with Gasteiger partial charge in [0.15, 0.2) is 0 Å². The normalized spacial score (nSPS) is 22.0. The molecule has 0 fully saturated rings. The van der Waals surface area contributed by atoms with Crippen LogP contribution in [0, 0.1) is 0 Å². The van der Waals surface area contributed by atoms with Crippen molar-refractivity contribution in [1.82, 2.24) is 0 Å². The van der Waals surface area contributed by atoms with Crippen molar-refractivity contribution in [3.63, 3.8) is 0 Å². The monoisotopic (exact) mass is 248 g/mol. The summed E-state index contributed by atoms with van der Waals surface area (Å²) in [5, 5.41) is 0. The van der Waals surface area contributed by atoms with Crippen LogP contribution in [0.1, 0.15) is 12.5 Å². The van der Waals surface area contributed by atoms with Crippen LogP contribution in [0.15, 0.2) is 30.8 Å². The number of hydrogen-bond donors (Lipinski definition) is 0. The molecule has 4 heteroatoms. The van der Waals surface area contributed by atoms with Gasteiger partial charge in [-0.05, 0) is 18.6 Å². The van der Waals surface area contributed by atoms with Gasteiger partial charge in [0.2, 0.25) is 6.10 Å². The molecule has 4 nitrogen and oxygen atoms in total. The Labute approximate surface area is 106 Å². The molecule has 2 rings (SSSR count). The number of ether oxygens (including phenoxy) is 3. The Hall–Kier alpha value is -1.81. The second kappa shape index (κ2) is 5.23.